The van der Waals surface area contributed by atoms with Crippen LogP contribution in [0.15, 0.2) is 54.6 Å². The van der Waals surface area contributed by atoms with E-state index in [1.165, 1.54) is 14.8 Å². The van der Waals surface area contributed by atoms with Gasteiger partial charge in [-0.1, -0.05) is 36.4 Å². The molecule has 2 heterocycles. The predicted molar refractivity (Wildman–Crippen MR) is 119 cm³/mol. The minimum absolute atomic E-state index is 0.209. The third-order valence-electron chi connectivity index (χ3n) is 5.89. The molecule has 5 heteroatoms. The number of benzene rings is 2. The molecule has 1 N–H and O–H groups in total. The van der Waals surface area contributed by atoms with Crippen molar-refractivity contribution in [2.45, 2.75) is 25.1 Å². The van der Waals surface area contributed by atoms with Gasteiger partial charge in [0.1, 0.15) is 0 Å². The largest absolute Gasteiger partial charge is 0.391 e. The molecular weight excluding hydrogens is 449 g/mol. The van der Waals surface area contributed by atoms with E-state index < -0.39 is 0 Å². The maximum atomic E-state index is 10.7. The van der Waals surface area contributed by atoms with Crippen LogP contribution in [0.25, 0.3) is 0 Å². The van der Waals surface area contributed by atoms with E-state index >= 15 is 0 Å². The molecule has 27 heavy (non-hydrogen) atoms. The number of piperidine rings is 1. The number of para-hydroxylation sites is 1. The van der Waals surface area contributed by atoms with Crippen LogP contribution >= 0.6 is 22.6 Å². The Morgan fingerprint density at radius 1 is 0.889 bits per heavy atom. The molecule has 2 aliphatic rings. The van der Waals surface area contributed by atoms with Gasteiger partial charge >= 0.3 is 0 Å². The Labute approximate surface area is 175 Å². The second-order valence-corrected chi connectivity index (χ2v) is 8.77. The molecule has 2 fully saturated rings. The van der Waals surface area contributed by atoms with Crippen molar-refractivity contribution in [3.8, 4) is 0 Å². The van der Waals surface area contributed by atoms with Gasteiger partial charge in [-0.2, -0.15) is 0 Å². The zero-order valence-corrected chi connectivity index (χ0v) is 17.8. The Morgan fingerprint density at radius 2 is 1.59 bits per heavy atom. The maximum absolute atomic E-state index is 10.7. The van der Waals surface area contributed by atoms with Gasteiger partial charge in [0.05, 0.1) is 6.10 Å². The Bertz CT molecular complexity index is 733. The number of aliphatic hydroxyl groups is 1. The first-order valence-corrected chi connectivity index (χ1v) is 11.0. The van der Waals surface area contributed by atoms with Gasteiger partial charge in [-0.05, 0) is 52.8 Å². The molecule has 4 rings (SSSR count). The smallest absolute Gasteiger partial charge is 0.0720 e. The third kappa shape index (κ3) is 4.65. The summed E-state index contributed by atoms with van der Waals surface area (Å²) >= 11 is 2.42. The van der Waals surface area contributed by atoms with Crippen molar-refractivity contribution in [1.82, 2.24) is 9.80 Å². The molecule has 0 unspecified atom stereocenters. The standard InChI is InChI=1S/C22H28IN3O/c23-20-9-5-4-6-18(20)16-24-11-10-22(27)21(17-24)26-14-12-25(13-15-26)19-7-2-1-3-8-19/h1-9,21-22,27H,10-17H2/t21-,22-/m1/s1. The highest BCUT2D eigenvalue weighted by molar-refractivity contribution is 14.1. The van der Waals surface area contributed by atoms with Gasteiger partial charge in [0, 0.05) is 61.1 Å². The van der Waals surface area contributed by atoms with Gasteiger partial charge in [0.15, 0.2) is 0 Å². The number of halogens is 1. The monoisotopic (exact) mass is 477 g/mol. The van der Waals surface area contributed by atoms with Crippen molar-refractivity contribution in [2.75, 3.05) is 44.2 Å². The SMILES string of the molecule is O[C@@H]1CCN(Cc2ccccc2I)C[C@H]1N1CCN(c2ccccc2)CC1. The van der Waals surface area contributed by atoms with Crippen LogP contribution in [0.1, 0.15) is 12.0 Å². The number of hydrogen-bond acceptors (Lipinski definition) is 4. The van der Waals surface area contributed by atoms with Gasteiger partial charge in [-0.3, -0.25) is 9.80 Å². The Balaban J connectivity index is 1.36. The summed E-state index contributed by atoms with van der Waals surface area (Å²) < 4.78 is 1.33. The van der Waals surface area contributed by atoms with E-state index in [4.69, 9.17) is 0 Å². The fraction of sp³-hybridized carbons (Fsp3) is 0.455. The van der Waals surface area contributed by atoms with Crippen molar-refractivity contribution in [3.63, 3.8) is 0 Å². The first-order chi connectivity index (χ1) is 13.2. The third-order valence-corrected chi connectivity index (χ3v) is 6.94. The zero-order chi connectivity index (χ0) is 18.6. The highest BCUT2D eigenvalue weighted by atomic mass is 127. The zero-order valence-electron chi connectivity index (χ0n) is 15.7. The number of aliphatic hydroxyl groups excluding tert-OH is 1. The number of likely N-dealkylation sites (tertiary alicyclic amines) is 1. The topological polar surface area (TPSA) is 30.0 Å². The van der Waals surface area contributed by atoms with Gasteiger partial charge in [0.25, 0.3) is 0 Å². The minimum Gasteiger partial charge on any atom is -0.391 e. The van der Waals surface area contributed by atoms with E-state index in [-0.39, 0.29) is 12.1 Å². The number of piperazine rings is 1. The number of anilines is 1. The lowest BCUT2D eigenvalue weighted by molar-refractivity contribution is -0.0158. The first kappa shape index (κ1) is 19.2. The molecule has 0 aliphatic carbocycles. The summed E-state index contributed by atoms with van der Waals surface area (Å²) in [6, 6.07) is 19.5. The molecule has 4 nitrogen and oxygen atoms in total. The van der Waals surface area contributed by atoms with E-state index in [1.807, 2.05) is 0 Å². The van der Waals surface area contributed by atoms with Crippen LogP contribution in [0.4, 0.5) is 5.69 Å². The van der Waals surface area contributed by atoms with E-state index in [2.05, 4.69) is 91.9 Å². The average molecular weight is 477 g/mol. The van der Waals surface area contributed by atoms with E-state index in [0.29, 0.717) is 0 Å². The molecule has 2 atom stereocenters. The summed E-state index contributed by atoms with van der Waals surface area (Å²) in [7, 11) is 0. The van der Waals surface area contributed by atoms with E-state index in [9.17, 15) is 5.11 Å². The van der Waals surface area contributed by atoms with Gasteiger partial charge < -0.3 is 10.0 Å². The molecule has 144 valence electrons. The molecular formula is C22H28IN3O. The lowest BCUT2D eigenvalue weighted by atomic mass is 9.99. The van der Waals surface area contributed by atoms with E-state index in [1.54, 1.807) is 0 Å². The summed E-state index contributed by atoms with van der Waals surface area (Å²) in [6.07, 6.45) is 0.659. The average Bonchev–Trinajstić information content (AvgIpc) is 2.72. The second-order valence-electron chi connectivity index (χ2n) is 7.61. The lowest BCUT2D eigenvalue weighted by Gasteiger charge is -2.46. The normalized spacial score (nSPS) is 24.9. The molecule has 0 saturated carbocycles. The Hall–Kier alpha value is -1.15. The summed E-state index contributed by atoms with van der Waals surface area (Å²) in [5.41, 5.74) is 2.70. The van der Waals surface area contributed by atoms with Gasteiger partial charge in [-0.25, -0.2) is 0 Å². The maximum Gasteiger partial charge on any atom is 0.0720 e. The Morgan fingerprint density at radius 3 is 2.33 bits per heavy atom. The number of nitrogens with zero attached hydrogens (tertiary/aromatic N) is 3. The van der Waals surface area contributed by atoms with Gasteiger partial charge in [-0.15, -0.1) is 0 Å². The van der Waals surface area contributed by atoms with Crippen molar-refractivity contribution >= 4 is 28.3 Å². The second kappa shape index (κ2) is 8.90. The van der Waals surface area contributed by atoms with E-state index in [0.717, 1.165) is 52.2 Å². The van der Waals surface area contributed by atoms with Crippen molar-refractivity contribution < 1.29 is 5.11 Å². The minimum atomic E-state index is -0.209. The molecule has 0 amide bonds. The van der Waals surface area contributed by atoms with Crippen LogP contribution in [0.2, 0.25) is 0 Å². The summed E-state index contributed by atoms with van der Waals surface area (Å²) in [5, 5.41) is 10.7. The summed E-state index contributed by atoms with van der Waals surface area (Å²) in [5.74, 6) is 0. The van der Waals surface area contributed by atoms with Crippen LogP contribution in [0, 0.1) is 3.57 Å². The number of rotatable bonds is 4. The van der Waals surface area contributed by atoms with Crippen molar-refractivity contribution in [1.29, 1.82) is 0 Å². The summed E-state index contributed by atoms with van der Waals surface area (Å²) in [6.45, 7) is 7.02. The highest BCUT2D eigenvalue weighted by Crippen LogP contribution is 2.23. The van der Waals surface area contributed by atoms with Crippen LogP contribution in [-0.4, -0.2) is 66.3 Å². The summed E-state index contributed by atoms with van der Waals surface area (Å²) in [4.78, 5) is 7.47. The van der Waals surface area contributed by atoms with Crippen molar-refractivity contribution in [2.24, 2.45) is 0 Å². The molecule has 0 spiro atoms. The molecule has 0 radical (unpaired) electrons. The molecule has 0 aromatic heterocycles. The van der Waals surface area contributed by atoms with Crippen LogP contribution in [0.5, 0.6) is 0 Å². The lowest BCUT2D eigenvalue weighted by Crippen LogP contribution is -2.59. The molecule has 2 aliphatic heterocycles. The van der Waals surface area contributed by atoms with Crippen LogP contribution < -0.4 is 4.90 Å². The van der Waals surface area contributed by atoms with Crippen LogP contribution in [0.3, 0.4) is 0 Å². The Kier molecular flexibility index (Phi) is 6.32. The van der Waals surface area contributed by atoms with Crippen molar-refractivity contribution in [3.05, 3.63) is 63.7 Å². The number of hydrogen-bond donors (Lipinski definition) is 1. The molecule has 2 aromatic rings. The molecule has 2 aromatic carbocycles. The molecule has 0 bridgehead atoms. The fourth-order valence-corrected chi connectivity index (χ4v) is 4.86. The quantitative estimate of drug-likeness (QED) is 0.686. The fourth-order valence-electron chi connectivity index (χ4n) is 4.31. The molecule has 2 saturated heterocycles. The predicted octanol–water partition coefficient (Wildman–Crippen LogP) is 3.05. The van der Waals surface area contributed by atoms with Crippen LogP contribution in [-0.2, 0) is 6.54 Å². The first-order valence-electron chi connectivity index (χ1n) is 9.88. The highest BCUT2D eigenvalue weighted by Gasteiger charge is 2.34. The van der Waals surface area contributed by atoms with Gasteiger partial charge in [0.2, 0.25) is 0 Å².